The summed E-state index contributed by atoms with van der Waals surface area (Å²) in [5.74, 6) is -0.385. The van der Waals surface area contributed by atoms with Gasteiger partial charge in [0.2, 0.25) is 10.0 Å². The molecule has 0 unspecified atom stereocenters. The molecule has 0 spiro atoms. The lowest BCUT2D eigenvalue weighted by Crippen LogP contribution is -2.30. The summed E-state index contributed by atoms with van der Waals surface area (Å²) in [6, 6.07) is 11.5. The molecule has 2 N–H and O–H groups in total. The zero-order valence-corrected chi connectivity index (χ0v) is 15.4. The van der Waals surface area contributed by atoms with E-state index in [1.54, 1.807) is 38.2 Å². The van der Waals surface area contributed by atoms with Crippen LogP contribution in [0.15, 0.2) is 53.6 Å². The maximum absolute atomic E-state index is 12.6. The van der Waals surface area contributed by atoms with Gasteiger partial charge in [-0.05, 0) is 24.3 Å². The molecule has 3 rings (SSSR count). The van der Waals surface area contributed by atoms with Crippen molar-refractivity contribution in [2.24, 2.45) is 0 Å². The molecule has 0 aliphatic rings. The van der Waals surface area contributed by atoms with Crippen molar-refractivity contribution in [3.63, 3.8) is 0 Å². The van der Waals surface area contributed by atoms with E-state index in [1.165, 1.54) is 16.4 Å². The van der Waals surface area contributed by atoms with Gasteiger partial charge in [0.15, 0.2) is 0 Å². The van der Waals surface area contributed by atoms with Gasteiger partial charge in [-0.3, -0.25) is 9.89 Å². The number of hydrogen-bond acceptors (Lipinski definition) is 4. The third-order valence-corrected chi connectivity index (χ3v) is 6.21. The van der Waals surface area contributed by atoms with Crippen molar-refractivity contribution >= 4 is 32.5 Å². The first-order chi connectivity index (χ1) is 12.5. The Morgan fingerprint density at radius 3 is 2.62 bits per heavy atom. The molecular formula is C18H20N4O3S. The van der Waals surface area contributed by atoms with E-state index in [0.29, 0.717) is 24.3 Å². The summed E-state index contributed by atoms with van der Waals surface area (Å²) in [6.45, 7) is 4.31. The van der Waals surface area contributed by atoms with Crippen LogP contribution in [0.3, 0.4) is 0 Å². The number of aromatic amines is 1. The Kier molecular flexibility index (Phi) is 5.06. The molecule has 2 aromatic carbocycles. The van der Waals surface area contributed by atoms with Gasteiger partial charge < -0.3 is 5.32 Å². The summed E-state index contributed by atoms with van der Waals surface area (Å²) in [5.41, 5.74) is 1.57. The van der Waals surface area contributed by atoms with E-state index in [4.69, 9.17) is 0 Å². The fraction of sp³-hybridized carbons (Fsp3) is 0.222. The number of nitrogens with one attached hydrogen (secondary N) is 2. The summed E-state index contributed by atoms with van der Waals surface area (Å²) < 4.78 is 26.7. The van der Waals surface area contributed by atoms with Crippen LogP contribution >= 0.6 is 0 Å². The average molecular weight is 372 g/mol. The number of anilines is 1. The van der Waals surface area contributed by atoms with Crippen molar-refractivity contribution in [3.8, 4) is 0 Å². The molecule has 0 bridgehead atoms. The fourth-order valence-corrected chi connectivity index (χ4v) is 4.28. The second kappa shape index (κ2) is 7.27. The smallest absolute Gasteiger partial charge is 0.255 e. The number of aromatic nitrogens is 2. The minimum atomic E-state index is -3.62. The zero-order valence-electron chi connectivity index (χ0n) is 14.6. The molecule has 1 heterocycles. The summed E-state index contributed by atoms with van der Waals surface area (Å²) in [4.78, 5) is 12.7. The number of carbonyl (C=O) groups excluding carboxylic acids is 1. The van der Waals surface area contributed by atoms with Gasteiger partial charge in [-0.25, -0.2) is 8.42 Å². The highest BCUT2D eigenvalue weighted by molar-refractivity contribution is 7.89. The summed E-state index contributed by atoms with van der Waals surface area (Å²) in [6.07, 6.45) is 1.67. The molecule has 0 fully saturated rings. The van der Waals surface area contributed by atoms with Gasteiger partial charge in [0, 0.05) is 24.0 Å². The molecule has 26 heavy (non-hydrogen) atoms. The Bertz CT molecular complexity index is 1040. The normalized spacial score (nSPS) is 11.8. The van der Waals surface area contributed by atoms with Crippen molar-refractivity contribution in [1.82, 2.24) is 14.5 Å². The van der Waals surface area contributed by atoms with Crippen LogP contribution < -0.4 is 5.32 Å². The largest absolute Gasteiger partial charge is 0.320 e. The maximum atomic E-state index is 12.6. The van der Waals surface area contributed by atoms with Gasteiger partial charge in [-0.2, -0.15) is 9.40 Å². The Morgan fingerprint density at radius 1 is 1.15 bits per heavy atom. The summed E-state index contributed by atoms with van der Waals surface area (Å²) in [7, 11) is -3.62. The molecule has 1 aromatic heterocycles. The molecule has 0 saturated carbocycles. The van der Waals surface area contributed by atoms with Crippen molar-refractivity contribution < 1.29 is 13.2 Å². The summed E-state index contributed by atoms with van der Waals surface area (Å²) in [5, 5.41) is 10.5. The van der Waals surface area contributed by atoms with E-state index < -0.39 is 10.0 Å². The monoisotopic (exact) mass is 372 g/mol. The van der Waals surface area contributed by atoms with Gasteiger partial charge in [-0.1, -0.05) is 32.0 Å². The van der Waals surface area contributed by atoms with Crippen molar-refractivity contribution in [2.45, 2.75) is 18.7 Å². The van der Waals surface area contributed by atoms with Gasteiger partial charge in [0.25, 0.3) is 5.91 Å². The minimum absolute atomic E-state index is 0.105. The predicted molar refractivity (Wildman–Crippen MR) is 101 cm³/mol. The van der Waals surface area contributed by atoms with Crippen molar-refractivity contribution in [1.29, 1.82) is 0 Å². The number of sulfonamides is 1. The second-order valence-corrected chi connectivity index (χ2v) is 7.65. The number of carbonyl (C=O) groups is 1. The number of amides is 1. The van der Waals surface area contributed by atoms with E-state index in [1.807, 2.05) is 12.1 Å². The van der Waals surface area contributed by atoms with Crippen LogP contribution in [-0.4, -0.2) is 41.9 Å². The lowest BCUT2D eigenvalue weighted by Gasteiger charge is -2.18. The van der Waals surface area contributed by atoms with Crippen LogP contribution in [-0.2, 0) is 10.0 Å². The first kappa shape index (κ1) is 18.1. The van der Waals surface area contributed by atoms with Crippen LogP contribution in [0, 0.1) is 0 Å². The number of H-pyrrole nitrogens is 1. The molecule has 1 amide bonds. The molecule has 0 atom stereocenters. The predicted octanol–water partition coefficient (Wildman–Crippen LogP) is 2.85. The average Bonchev–Trinajstić information content (AvgIpc) is 3.12. The number of para-hydroxylation sites is 1. The summed E-state index contributed by atoms with van der Waals surface area (Å²) >= 11 is 0. The van der Waals surface area contributed by atoms with Gasteiger partial charge in [0.05, 0.1) is 22.3 Å². The minimum Gasteiger partial charge on any atom is -0.320 e. The standard InChI is InChI=1S/C18H20N4O3S/c1-3-22(4-2)26(24,25)15-9-5-7-13(11-15)18(23)20-16-10-6-8-14-12-19-21-17(14)16/h5-12H,3-4H2,1-2H3,(H,19,21)(H,20,23). The molecule has 0 aliphatic heterocycles. The Balaban J connectivity index is 1.91. The zero-order chi connectivity index (χ0) is 18.7. The van der Waals surface area contributed by atoms with E-state index in [0.717, 1.165) is 5.39 Å². The molecule has 0 aliphatic carbocycles. The molecule has 0 radical (unpaired) electrons. The van der Waals surface area contributed by atoms with Gasteiger partial charge >= 0.3 is 0 Å². The first-order valence-corrected chi connectivity index (χ1v) is 9.75. The number of hydrogen-bond donors (Lipinski definition) is 2. The van der Waals surface area contributed by atoms with Gasteiger partial charge in [0.1, 0.15) is 0 Å². The van der Waals surface area contributed by atoms with Crippen molar-refractivity contribution in [2.75, 3.05) is 18.4 Å². The Labute approximate surface area is 152 Å². The van der Waals surface area contributed by atoms with Crippen molar-refractivity contribution in [3.05, 3.63) is 54.2 Å². The molecule has 136 valence electrons. The van der Waals surface area contributed by atoms with Crippen LogP contribution in [0.5, 0.6) is 0 Å². The quantitative estimate of drug-likeness (QED) is 0.695. The Morgan fingerprint density at radius 2 is 1.88 bits per heavy atom. The van der Waals surface area contributed by atoms with Crippen LogP contribution in [0.25, 0.3) is 10.9 Å². The first-order valence-electron chi connectivity index (χ1n) is 8.31. The fourth-order valence-electron chi connectivity index (χ4n) is 2.78. The SMILES string of the molecule is CCN(CC)S(=O)(=O)c1cccc(C(=O)Nc2cccc3cn[nH]c23)c1. The number of nitrogens with zero attached hydrogens (tertiary/aromatic N) is 2. The third kappa shape index (κ3) is 3.33. The third-order valence-electron chi connectivity index (χ3n) is 4.16. The molecular weight excluding hydrogens is 352 g/mol. The van der Waals surface area contributed by atoms with E-state index in [2.05, 4.69) is 15.5 Å². The van der Waals surface area contributed by atoms with Crippen LogP contribution in [0.1, 0.15) is 24.2 Å². The van der Waals surface area contributed by atoms with E-state index in [9.17, 15) is 13.2 Å². The highest BCUT2D eigenvalue weighted by atomic mass is 32.2. The molecule has 8 heteroatoms. The lowest BCUT2D eigenvalue weighted by molar-refractivity contribution is 0.102. The van der Waals surface area contributed by atoms with Crippen LogP contribution in [0.4, 0.5) is 5.69 Å². The maximum Gasteiger partial charge on any atom is 0.255 e. The second-order valence-electron chi connectivity index (χ2n) is 5.71. The van der Waals surface area contributed by atoms with Crippen LogP contribution in [0.2, 0.25) is 0 Å². The topological polar surface area (TPSA) is 95.2 Å². The number of fused-ring (bicyclic) bond motifs is 1. The molecule has 7 nitrogen and oxygen atoms in total. The van der Waals surface area contributed by atoms with E-state index in [-0.39, 0.29) is 16.4 Å². The highest BCUT2D eigenvalue weighted by Gasteiger charge is 2.22. The number of rotatable bonds is 6. The number of benzene rings is 2. The molecule has 3 aromatic rings. The lowest BCUT2D eigenvalue weighted by atomic mass is 10.2. The van der Waals surface area contributed by atoms with E-state index >= 15 is 0 Å². The molecule has 0 saturated heterocycles. The highest BCUT2D eigenvalue weighted by Crippen LogP contribution is 2.22. The Hall–Kier alpha value is -2.71. The van der Waals surface area contributed by atoms with Gasteiger partial charge in [-0.15, -0.1) is 0 Å².